The summed E-state index contributed by atoms with van der Waals surface area (Å²) in [7, 11) is 2.85. The van der Waals surface area contributed by atoms with Crippen molar-refractivity contribution in [1.82, 2.24) is 0 Å². The summed E-state index contributed by atoms with van der Waals surface area (Å²) >= 11 is 0. The third-order valence-electron chi connectivity index (χ3n) is 1.65. The van der Waals surface area contributed by atoms with Crippen LogP contribution in [-0.4, -0.2) is 63.2 Å². The largest absolute Gasteiger partial charge is 0.394 e. The van der Waals surface area contributed by atoms with Gasteiger partial charge in [0.15, 0.2) is 0 Å². The van der Waals surface area contributed by atoms with E-state index >= 15 is 0 Å². The number of rotatable bonds is 7. The zero-order chi connectivity index (χ0) is 11.1. The summed E-state index contributed by atoms with van der Waals surface area (Å²) in [5.41, 5.74) is 0. The molecule has 85 valence electrons. The molecular formula is C7H15O7. The molecule has 0 aliphatic heterocycles. The predicted molar refractivity (Wildman–Crippen MR) is 43.5 cm³/mol. The number of hydrogen-bond acceptors (Lipinski definition) is 7. The van der Waals surface area contributed by atoms with Gasteiger partial charge < -0.3 is 25.5 Å². The molecule has 0 aromatic carbocycles. The second-order valence-corrected chi connectivity index (χ2v) is 2.70. The molecule has 0 aliphatic rings. The van der Waals surface area contributed by atoms with Crippen molar-refractivity contribution in [2.75, 3.05) is 13.2 Å². The molecule has 0 aliphatic carbocycles. The van der Waals surface area contributed by atoms with E-state index in [1.807, 2.05) is 0 Å². The first-order valence-electron chi connectivity index (χ1n) is 3.91. The molecule has 0 spiro atoms. The fourth-order valence-electron chi connectivity index (χ4n) is 0.780. The van der Waals surface area contributed by atoms with Crippen LogP contribution in [0.25, 0.3) is 0 Å². The summed E-state index contributed by atoms with van der Waals surface area (Å²) in [4.78, 5) is 8.12. The van der Waals surface area contributed by atoms with Gasteiger partial charge in [0.25, 0.3) is 0 Å². The van der Waals surface area contributed by atoms with Crippen LogP contribution in [0, 0.1) is 7.11 Å². The highest BCUT2D eigenvalue weighted by Gasteiger charge is 2.30. The minimum Gasteiger partial charge on any atom is -0.394 e. The maximum Gasteiger partial charge on any atom is 0.111 e. The minimum atomic E-state index is -1.66. The molecule has 0 saturated heterocycles. The van der Waals surface area contributed by atoms with Crippen LogP contribution in [0.5, 0.6) is 0 Å². The minimum absolute atomic E-state index is 0.417. The van der Waals surface area contributed by atoms with Gasteiger partial charge in [-0.25, -0.2) is 9.78 Å². The SMILES string of the molecule is [CH2]OOC[C@H](O)[C@@H](O)[C@H](O)[C@H](O)CO. The van der Waals surface area contributed by atoms with Gasteiger partial charge in [-0.2, -0.15) is 0 Å². The lowest BCUT2D eigenvalue weighted by Crippen LogP contribution is -2.47. The van der Waals surface area contributed by atoms with Gasteiger partial charge in [0.05, 0.1) is 6.61 Å². The van der Waals surface area contributed by atoms with Crippen molar-refractivity contribution in [2.45, 2.75) is 24.4 Å². The van der Waals surface area contributed by atoms with Crippen LogP contribution < -0.4 is 0 Å². The topological polar surface area (TPSA) is 120 Å². The normalized spacial score (nSPS) is 20.1. The first kappa shape index (κ1) is 13.7. The third kappa shape index (κ3) is 4.29. The van der Waals surface area contributed by atoms with E-state index in [9.17, 15) is 5.11 Å². The van der Waals surface area contributed by atoms with Gasteiger partial charge in [0.2, 0.25) is 0 Å². The maximum absolute atomic E-state index is 9.19. The quantitative estimate of drug-likeness (QED) is 0.227. The van der Waals surface area contributed by atoms with Crippen molar-refractivity contribution in [3.63, 3.8) is 0 Å². The molecule has 0 aromatic heterocycles. The standard InChI is InChI=1S/C7H15O7/c1-13-14-3-5(10)7(12)6(11)4(9)2-8/h4-12H,1-3H2/t4-,5+,6-,7-/m1/s1. The molecule has 0 rings (SSSR count). The first-order valence-corrected chi connectivity index (χ1v) is 3.91. The molecule has 0 unspecified atom stereocenters. The molecule has 7 heteroatoms. The Bertz CT molecular complexity index is 142. The summed E-state index contributed by atoms with van der Waals surface area (Å²) in [5.74, 6) is 0. The van der Waals surface area contributed by atoms with Crippen molar-refractivity contribution in [3.05, 3.63) is 7.11 Å². The Morgan fingerprint density at radius 2 is 1.50 bits per heavy atom. The fraction of sp³-hybridized carbons (Fsp3) is 0.857. The van der Waals surface area contributed by atoms with E-state index in [-0.39, 0.29) is 0 Å². The van der Waals surface area contributed by atoms with Crippen molar-refractivity contribution in [2.24, 2.45) is 0 Å². The highest BCUT2D eigenvalue weighted by molar-refractivity contribution is 4.80. The van der Waals surface area contributed by atoms with Crippen LogP contribution >= 0.6 is 0 Å². The molecule has 0 bridgehead atoms. The van der Waals surface area contributed by atoms with Gasteiger partial charge in [-0.05, 0) is 0 Å². The van der Waals surface area contributed by atoms with Gasteiger partial charge in [0, 0.05) is 0 Å². The molecule has 0 saturated carbocycles. The van der Waals surface area contributed by atoms with Crippen molar-refractivity contribution in [1.29, 1.82) is 0 Å². The zero-order valence-corrected chi connectivity index (χ0v) is 7.48. The van der Waals surface area contributed by atoms with Crippen LogP contribution in [0.4, 0.5) is 0 Å². The summed E-state index contributed by atoms with van der Waals surface area (Å²) in [6.07, 6.45) is -6.29. The summed E-state index contributed by atoms with van der Waals surface area (Å²) in [6, 6.07) is 0. The molecule has 4 atom stereocenters. The van der Waals surface area contributed by atoms with Crippen LogP contribution in [-0.2, 0) is 9.78 Å². The highest BCUT2D eigenvalue weighted by atomic mass is 17.2. The van der Waals surface area contributed by atoms with Gasteiger partial charge in [-0.1, -0.05) is 0 Å². The molecule has 0 aromatic rings. The molecular weight excluding hydrogens is 196 g/mol. The molecule has 0 heterocycles. The smallest absolute Gasteiger partial charge is 0.111 e. The summed E-state index contributed by atoms with van der Waals surface area (Å²) in [6.45, 7) is -1.14. The van der Waals surface area contributed by atoms with E-state index in [1.54, 1.807) is 0 Å². The van der Waals surface area contributed by atoms with E-state index in [2.05, 4.69) is 16.9 Å². The molecule has 0 fully saturated rings. The molecule has 7 nitrogen and oxygen atoms in total. The lowest BCUT2D eigenvalue weighted by Gasteiger charge is -2.24. The van der Waals surface area contributed by atoms with Gasteiger partial charge in [0.1, 0.15) is 38.1 Å². The van der Waals surface area contributed by atoms with Gasteiger partial charge >= 0.3 is 0 Å². The molecule has 14 heavy (non-hydrogen) atoms. The van der Waals surface area contributed by atoms with E-state index in [0.29, 0.717) is 0 Å². The molecule has 0 amide bonds. The number of aliphatic hydroxyl groups is 5. The Kier molecular flexibility index (Phi) is 6.93. The van der Waals surface area contributed by atoms with E-state index in [4.69, 9.17) is 20.4 Å². The Morgan fingerprint density at radius 1 is 1.00 bits per heavy atom. The van der Waals surface area contributed by atoms with Crippen molar-refractivity contribution in [3.8, 4) is 0 Å². The Hall–Kier alpha value is -0.280. The summed E-state index contributed by atoms with van der Waals surface area (Å²) in [5, 5.41) is 44.8. The second kappa shape index (κ2) is 7.07. The lowest BCUT2D eigenvalue weighted by atomic mass is 10.0. The predicted octanol–water partition coefficient (Wildman–Crippen LogP) is -2.84. The third-order valence-corrected chi connectivity index (χ3v) is 1.65. The second-order valence-electron chi connectivity index (χ2n) is 2.70. The van der Waals surface area contributed by atoms with E-state index < -0.39 is 37.6 Å². The Labute approximate surface area is 81.1 Å². The zero-order valence-electron chi connectivity index (χ0n) is 7.48. The van der Waals surface area contributed by atoms with Gasteiger partial charge in [-0.3, -0.25) is 0 Å². The van der Waals surface area contributed by atoms with E-state index in [0.717, 1.165) is 0 Å². The summed E-state index contributed by atoms with van der Waals surface area (Å²) < 4.78 is 0. The average molecular weight is 211 g/mol. The van der Waals surface area contributed by atoms with Gasteiger partial charge in [-0.15, -0.1) is 0 Å². The Morgan fingerprint density at radius 3 is 1.93 bits per heavy atom. The lowest BCUT2D eigenvalue weighted by molar-refractivity contribution is -0.275. The Balaban J connectivity index is 3.95. The number of aliphatic hydroxyl groups excluding tert-OH is 5. The average Bonchev–Trinajstić information content (AvgIpc) is 2.22. The molecule has 5 N–H and O–H groups in total. The van der Waals surface area contributed by atoms with E-state index in [1.165, 1.54) is 0 Å². The highest BCUT2D eigenvalue weighted by Crippen LogP contribution is 2.05. The monoisotopic (exact) mass is 211 g/mol. The van der Waals surface area contributed by atoms with Crippen LogP contribution in [0.15, 0.2) is 0 Å². The molecule has 1 radical (unpaired) electrons. The maximum atomic E-state index is 9.19. The fourth-order valence-corrected chi connectivity index (χ4v) is 0.780. The van der Waals surface area contributed by atoms with Crippen molar-refractivity contribution < 1.29 is 35.3 Å². The first-order chi connectivity index (χ1) is 6.54. The van der Waals surface area contributed by atoms with Crippen LogP contribution in [0.2, 0.25) is 0 Å². The van der Waals surface area contributed by atoms with Crippen LogP contribution in [0.1, 0.15) is 0 Å². The van der Waals surface area contributed by atoms with Crippen LogP contribution in [0.3, 0.4) is 0 Å². The number of hydrogen-bond donors (Lipinski definition) is 5. The van der Waals surface area contributed by atoms with Crippen molar-refractivity contribution >= 4 is 0 Å².